The van der Waals surface area contributed by atoms with Crippen molar-refractivity contribution in [3.8, 4) is 0 Å². The SMILES string of the molecule is CP(C)C1(Cc2ccccc2)C=CCC=C1.[B]. The van der Waals surface area contributed by atoms with Crippen LogP contribution in [0.15, 0.2) is 54.6 Å². The molecule has 0 aromatic heterocycles. The molecule has 1 aromatic carbocycles. The third-order valence-electron chi connectivity index (χ3n) is 3.25. The number of hydrogen-bond donors (Lipinski definition) is 0. The van der Waals surface area contributed by atoms with Gasteiger partial charge in [0, 0.05) is 13.6 Å². The topological polar surface area (TPSA) is 0 Å². The molecular weight excluding hydrogens is 222 g/mol. The summed E-state index contributed by atoms with van der Waals surface area (Å²) in [7, 11) is -0.000182. The van der Waals surface area contributed by atoms with Crippen molar-refractivity contribution in [1.82, 2.24) is 0 Å². The van der Waals surface area contributed by atoms with E-state index in [9.17, 15) is 0 Å². The Morgan fingerprint density at radius 3 is 2.18 bits per heavy atom. The van der Waals surface area contributed by atoms with E-state index in [1.807, 2.05) is 0 Å². The van der Waals surface area contributed by atoms with Gasteiger partial charge in [0.15, 0.2) is 0 Å². The van der Waals surface area contributed by atoms with Gasteiger partial charge in [0.2, 0.25) is 0 Å². The maximum absolute atomic E-state index is 2.42. The number of allylic oxidation sites excluding steroid dienone is 4. The van der Waals surface area contributed by atoms with E-state index in [-0.39, 0.29) is 21.5 Å². The van der Waals surface area contributed by atoms with Crippen molar-refractivity contribution in [3.05, 3.63) is 60.2 Å². The van der Waals surface area contributed by atoms with Crippen molar-refractivity contribution in [1.29, 1.82) is 0 Å². The molecular formula is C15H19BP. The Bertz CT molecular complexity index is 381. The fraction of sp³-hybridized carbons (Fsp3) is 0.333. The summed E-state index contributed by atoms with van der Waals surface area (Å²) in [5.74, 6) is 0. The van der Waals surface area contributed by atoms with Crippen LogP contribution in [-0.4, -0.2) is 26.9 Å². The molecule has 0 amide bonds. The Balaban J connectivity index is 0.00000144. The average Bonchev–Trinajstić information content (AvgIpc) is 2.31. The number of rotatable bonds is 3. The van der Waals surface area contributed by atoms with E-state index >= 15 is 0 Å². The Kier molecular flexibility index (Phi) is 5.21. The molecule has 0 saturated heterocycles. The van der Waals surface area contributed by atoms with Crippen LogP contribution in [0, 0.1) is 0 Å². The predicted octanol–water partition coefficient (Wildman–Crippen LogP) is 3.84. The fourth-order valence-corrected chi connectivity index (χ4v) is 3.48. The second-order valence-corrected chi connectivity index (χ2v) is 7.21. The largest absolute Gasteiger partial charge is 0.0984 e. The van der Waals surface area contributed by atoms with Crippen molar-refractivity contribution in [3.63, 3.8) is 0 Å². The lowest BCUT2D eigenvalue weighted by Crippen LogP contribution is -2.25. The zero-order valence-corrected chi connectivity index (χ0v) is 11.5. The van der Waals surface area contributed by atoms with Crippen LogP contribution in [0.1, 0.15) is 12.0 Å². The van der Waals surface area contributed by atoms with Crippen LogP contribution in [0.4, 0.5) is 0 Å². The average molecular weight is 241 g/mol. The first kappa shape index (κ1) is 14.3. The molecule has 0 unspecified atom stereocenters. The summed E-state index contributed by atoms with van der Waals surface area (Å²) < 4.78 is 0. The molecule has 1 aliphatic rings. The standard InChI is InChI=1S/C15H19P.B/c1-16(2)15(11-7-4-8-12-15)13-14-9-5-3-6-10-14;/h3,5-12H,4,13H2,1-2H3;. The zero-order chi connectivity index (χ0) is 11.4. The summed E-state index contributed by atoms with van der Waals surface area (Å²) in [6, 6.07) is 10.8. The first-order valence-corrected chi connectivity index (χ1v) is 8.03. The molecule has 0 fully saturated rings. The van der Waals surface area contributed by atoms with E-state index in [4.69, 9.17) is 0 Å². The lowest BCUT2D eigenvalue weighted by Gasteiger charge is -2.34. The van der Waals surface area contributed by atoms with Crippen LogP contribution < -0.4 is 0 Å². The van der Waals surface area contributed by atoms with Crippen LogP contribution in [0.5, 0.6) is 0 Å². The van der Waals surface area contributed by atoms with Gasteiger partial charge < -0.3 is 0 Å². The van der Waals surface area contributed by atoms with Gasteiger partial charge in [-0.1, -0.05) is 62.6 Å². The fourth-order valence-electron chi connectivity index (χ4n) is 2.18. The van der Waals surface area contributed by atoms with Gasteiger partial charge in [-0.05, 0) is 31.7 Å². The second-order valence-electron chi connectivity index (χ2n) is 4.59. The molecule has 2 heteroatoms. The highest BCUT2D eigenvalue weighted by Gasteiger charge is 2.28. The molecule has 0 saturated carbocycles. The Hall–Kier alpha value is -0.805. The minimum Gasteiger partial charge on any atom is -0.0984 e. The molecule has 0 spiro atoms. The van der Waals surface area contributed by atoms with Crippen LogP contribution >= 0.6 is 7.92 Å². The molecule has 0 bridgehead atoms. The Morgan fingerprint density at radius 2 is 1.65 bits per heavy atom. The summed E-state index contributed by atoms with van der Waals surface area (Å²) in [6.07, 6.45) is 11.7. The van der Waals surface area contributed by atoms with E-state index in [0.717, 1.165) is 12.8 Å². The summed E-state index contributed by atoms with van der Waals surface area (Å²) in [6.45, 7) is 4.75. The maximum Gasteiger partial charge on any atom is 0.0297 e. The monoisotopic (exact) mass is 241 g/mol. The van der Waals surface area contributed by atoms with Crippen molar-refractivity contribution in [2.75, 3.05) is 13.3 Å². The van der Waals surface area contributed by atoms with Gasteiger partial charge in [-0.25, -0.2) is 0 Å². The molecule has 0 aliphatic heterocycles. The van der Waals surface area contributed by atoms with Gasteiger partial charge in [0.25, 0.3) is 0 Å². The minimum absolute atomic E-state index is 0. The molecule has 3 radical (unpaired) electrons. The number of hydrogen-bond acceptors (Lipinski definition) is 0. The van der Waals surface area contributed by atoms with Gasteiger partial charge >= 0.3 is 0 Å². The maximum atomic E-state index is 2.42. The van der Waals surface area contributed by atoms with E-state index < -0.39 is 0 Å². The lowest BCUT2D eigenvalue weighted by atomic mass is 9.94. The smallest absolute Gasteiger partial charge is 0.0297 e. The van der Waals surface area contributed by atoms with Gasteiger partial charge in [-0.15, -0.1) is 0 Å². The third kappa shape index (κ3) is 3.33. The lowest BCUT2D eigenvalue weighted by molar-refractivity contribution is 0.831. The molecule has 2 rings (SSSR count). The first-order valence-electron chi connectivity index (χ1n) is 5.80. The van der Waals surface area contributed by atoms with E-state index in [0.29, 0.717) is 0 Å². The molecule has 0 atom stereocenters. The van der Waals surface area contributed by atoms with Crippen LogP contribution in [0.2, 0.25) is 0 Å². The van der Waals surface area contributed by atoms with Crippen molar-refractivity contribution >= 4 is 16.3 Å². The van der Waals surface area contributed by atoms with Crippen LogP contribution in [0.25, 0.3) is 0 Å². The molecule has 0 N–H and O–H groups in total. The quantitative estimate of drug-likeness (QED) is 0.428. The Morgan fingerprint density at radius 1 is 1.06 bits per heavy atom. The highest BCUT2D eigenvalue weighted by molar-refractivity contribution is 7.58. The molecule has 0 heterocycles. The molecule has 1 aromatic rings. The normalized spacial score (nSPS) is 16.9. The van der Waals surface area contributed by atoms with Gasteiger partial charge in [-0.3, -0.25) is 0 Å². The second kappa shape index (κ2) is 6.22. The van der Waals surface area contributed by atoms with Gasteiger partial charge in [-0.2, -0.15) is 0 Å². The van der Waals surface area contributed by atoms with Crippen molar-refractivity contribution in [2.24, 2.45) is 0 Å². The van der Waals surface area contributed by atoms with E-state index in [2.05, 4.69) is 68.0 Å². The highest BCUT2D eigenvalue weighted by atomic mass is 31.1. The van der Waals surface area contributed by atoms with Crippen molar-refractivity contribution in [2.45, 2.75) is 18.0 Å². The van der Waals surface area contributed by atoms with Crippen molar-refractivity contribution < 1.29 is 0 Å². The van der Waals surface area contributed by atoms with Gasteiger partial charge in [0.1, 0.15) is 0 Å². The van der Waals surface area contributed by atoms with Crippen LogP contribution in [0.3, 0.4) is 0 Å². The molecule has 0 nitrogen and oxygen atoms in total. The molecule has 1 aliphatic carbocycles. The van der Waals surface area contributed by atoms with Crippen LogP contribution in [-0.2, 0) is 6.42 Å². The molecule has 87 valence electrons. The minimum atomic E-state index is -0.000182. The zero-order valence-electron chi connectivity index (χ0n) is 10.6. The summed E-state index contributed by atoms with van der Waals surface area (Å²) >= 11 is 0. The van der Waals surface area contributed by atoms with E-state index in [1.165, 1.54) is 5.56 Å². The van der Waals surface area contributed by atoms with E-state index in [1.54, 1.807) is 0 Å². The summed E-state index contributed by atoms with van der Waals surface area (Å²) in [4.78, 5) is 0. The summed E-state index contributed by atoms with van der Waals surface area (Å²) in [5, 5.41) is 0.287. The summed E-state index contributed by atoms with van der Waals surface area (Å²) in [5.41, 5.74) is 1.44. The first-order chi connectivity index (χ1) is 7.73. The Labute approximate surface area is 108 Å². The predicted molar refractivity (Wildman–Crippen MR) is 80.3 cm³/mol. The highest BCUT2D eigenvalue weighted by Crippen LogP contribution is 2.48. The van der Waals surface area contributed by atoms with Gasteiger partial charge in [0.05, 0.1) is 0 Å². The third-order valence-corrected chi connectivity index (χ3v) is 5.37. The molecule has 17 heavy (non-hydrogen) atoms. The number of benzene rings is 1.